The van der Waals surface area contributed by atoms with Crippen LogP contribution in [0.2, 0.25) is 0 Å². The number of hydrogen-bond acceptors (Lipinski definition) is 4. The van der Waals surface area contributed by atoms with E-state index in [1.165, 1.54) is 17.4 Å². The Morgan fingerprint density at radius 3 is 2.67 bits per heavy atom. The average molecular weight is 332 g/mol. The molecule has 1 saturated heterocycles. The molecule has 130 valence electrons. The minimum Gasteiger partial charge on any atom is -0.378 e. The Labute approximate surface area is 142 Å². The fourth-order valence-electron chi connectivity index (χ4n) is 3.22. The van der Waals surface area contributed by atoms with Crippen LogP contribution in [0.25, 0.3) is 0 Å². The van der Waals surface area contributed by atoms with Crippen molar-refractivity contribution >= 4 is 5.82 Å². The normalized spacial score (nSPS) is 15.1. The van der Waals surface area contributed by atoms with E-state index >= 15 is 0 Å². The summed E-state index contributed by atoms with van der Waals surface area (Å²) in [6, 6.07) is 5.25. The second kappa shape index (κ2) is 7.32. The summed E-state index contributed by atoms with van der Waals surface area (Å²) in [7, 11) is 1.99. The van der Waals surface area contributed by atoms with Gasteiger partial charge in [-0.25, -0.2) is 4.39 Å². The number of morpholine rings is 1. The molecule has 1 N–H and O–H groups in total. The Morgan fingerprint density at radius 2 is 1.96 bits per heavy atom. The Kier molecular flexibility index (Phi) is 5.16. The van der Waals surface area contributed by atoms with Crippen LogP contribution >= 0.6 is 0 Å². The van der Waals surface area contributed by atoms with Gasteiger partial charge >= 0.3 is 0 Å². The van der Waals surface area contributed by atoms with Crippen molar-refractivity contribution in [3.63, 3.8) is 0 Å². The number of aryl methyl sites for hydroxylation is 3. The molecule has 0 radical (unpaired) electrons. The highest BCUT2D eigenvalue weighted by Gasteiger charge is 2.21. The molecule has 2 heterocycles. The Bertz CT molecular complexity index is 707. The summed E-state index contributed by atoms with van der Waals surface area (Å²) in [5.41, 5.74) is 4.03. The van der Waals surface area contributed by atoms with Crippen LogP contribution in [0.15, 0.2) is 18.2 Å². The molecule has 3 rings (SSSR count). The van der Waals surface area contributed by atoms with Crippen molar-refractivity contribution in [3.05, 3.63) is 46.4 Å². The van der Waals surface area contributed by atoms with Gasteiger partial charge < -0.3 is 15.0 Å². The summed E-state index contributed by atoms with van der Waals surface area (Å²) in [5, 5.41) is 8.05. The number of aromatic nitrogens is 2. The molecular weight excluding hydrogens is 307 g/mol. The van der Waals surface area contributed by atoms with Crippen LogP contribution < -0.4 is 10.2 Å². The van der Waals surface area contributed by atoms with Gasteiger partial charge in [-0.3, -0.25) is 4.68 Å². The molecule has 1 aromatic heterocycles. The van der Waals surface area contributed by atoms with Crippen LogP contribution in [-0.4, -0.2) is 36.1 Å². The second-order valence-electron chi connectivity index (χ2n) is 6.30. The first kappa shape index (κ1) is 16.9. The summed E-state index contributed by atoms with van der Waals surface area (Å²) < 4.78 is 20.8. The third-order valence-corrected chi connectivity index (χ3v) is 4.48. The third-order valence-electron chi connectivity index (χ3n) is 4.48. The number of nitrogens with one attached hydrogen (secondary N) is 1. The lowest BCUT2D eigenvalue weighted by molar-refractivity contribution is 0.122. The van der Waals surface area contributed by atoms with Crippen molar-refractivity contribution in [1.29, 1.82) is 0 Å². The van der Waals surface area contributed by atoms with Gasteiger partial charge in [-0.15, -0.1) is 0 Å². The highest BCUT2D eigenvalue weighted by molar-refractivity contribution is 5.50. The van der Waals surface area contributed by atoms with Gasteiger partial charge in [0.1, 0.15) is 11.6 Å². The molecular formula is C18H25FN4O. The van der Waals surface area contributed by atoms with Gasteiger partial charge in [0.15, 0.2) is 0 Å². The Morgan fingerprint density at radius 1 is 1.21 bits per heavy atom. The van der Waals surface area contributed by atoms with Crippen molar-refractivity contribution in [1.82, 2.24) is 15.1 Å². The van der Waals surface area contributed by atoms with Crippen molar-refractivity contribution < 1.29 is 9.13 Å². The molecule has 0 spiro atoms. The van der Waals surface area contributed by atoms with E-state index in [0.29, 0.717) is 12.1 Å². The van der Waals surface area contributed by atoms with Crippen molar-refractivity contribution in [2.75, 3.05) is 31.2 Å². The van der Waals surface area contributed by atoms with Crippen LogP contribution in [0.4, 0.5) is 10.2 Å². The molecule has 5 nitrogen and oxygen atoms in total. The van der Waals surface area contributed by atoms with E-state index in [2.05, 4.69) is 15.3 Å². The van der Waals surface area contributed by atoms with Crippen LogP contribution in [0.3, 0.4) is 0 Å². The zero-order valence-electron chi connectivity index (χ0n) is 14.6. The van der Waals surface area contributed by atoms with Crippen molar-refractivity contribution in [3.8, 4) is 0 Å². The summed E-state index contributed by atoms with van der Waals surface area (Å²) in [5.74, 6) is 1.01. The van der Waals surface area contributed by atoms with E-state index in [1.807, 2.05) is 30.8 Å². The fourth-order valence-corrected chi connectivity index (χ4v) is 3.22. The minimum absolute atomic E-state index is 0.156. The summed E-state index contributed by atoms with van der Waals surface area (Å²) in [4.78, 5) is 2.34. The van der Waals surface area contributed by atoms with Gasteiger partial charge in [0.25, 0.3) is 0 Å². The Hall–Kier alpha value is -1.92. The number of rotatable bonds is 5. The average Bonchev–Trinajstić information content (AvgIpc) is 2.85. The maximum absolute atomic E-state index is 13.4. The number of benzene rings is 1. The molecule has 0 amide bonds. The standard InChI is InChI=1S/C18H25FN4O/c1-13-10-15(4-5-17(13)19)11-20-12-16-14(2)21-22(3)18(16)23-6-8-24-9-7-23/h4-5,10,20H,6-9,11-12H2,1-3H3. The molecule has 0 atom stereocenters. The van der Waals surface area contributed by atoms with E-state index in [9.17, 15) is 4.39 Å². The first-order valence-corrected chi connectivity index (χ1v) is 8.37. The van der Waals surface area contributed by atoms with Crippen LogP contribution in [0.1, 0.15) is 22.4 Å². The Balaban J connectivity index is 1.69. The minimum atomic E-state index is -0.156. The van der Waals surface area contributed by atoms with Gasteiger partial charge in [0.05, 0.1) is 18.9 Å². The molecule has 2 aromatic rings. The van der Waals surface area contributed by atoms with E-state index in [4.69, 9.17) is 4.74 Å². The van der Waals surface area contributed by atoms with E-state index in [-0.39, 0.29) is 5.82 Å². The number of hydrogen-bond donors (Lipinski definition) is 1. The second-order valence-corrected chi connectivity index (χ2v) is 6.30. The van der Waals surface area contributed by atoms with Crippen LogP contribution in [0, 0.1) is 19.7 Å². The van der Waals surface area contributed by atoms with Gasteiger partial charge in [0, 0.05) is 38.8 Å². The first-order chi connectivity index (χ1) is 11.6. The zero-order valence-corrected chi connectivity index (χ0v) is 14.6. The highest BCUT2D eigenvalue weighted by Crippen LogP contribution is 2.24. The summed E-state index contributed by atoms with van der Waals surface area (Å²) >= 11 is 0. The molecule has 0 bridgehead atoms. The van der Waals surface area contributed by atoms with Gasteiger partial charge in [0.2, 0.25) is 0 Å². The smallest absolute Gasteiger partial charge is 0.131 e. The lowest BCUT2D eigenvalue weighted by Crippen LogP contribution is -2.38. The molecule has 1 aliphatic rings. The largest absolute Gasteiger partial charge is 0.378 e. The molecule has 24 heavy (non-hydrogen) atoms. The quantitative estimate of drug-likeness (QED) is 0.912. The molecule has 1 aromatic carbocycles. The maximum Gasteiger partial charge on any atom is 0.131 e. The SMILES string of the molecule is Cc1cc(CNCc2c(C)nn(C)c2N2CCOCC2)ccc1F. The first-order valence-electron chi connectivity index (χ1n) is 8.37. The van der Waals surface area contributed by atoms with Crippen molar-refractivity contribution in [2.24, 2.45) is 7.05 Å². The van der Waals surface area contributed by atoms with Crippen molar-refractivity contribution in [2.45, 2.75) is 26.9 Å². The molecule has 0 unspecified atom stereocenters. The molecule has 0 aliphatic carbocycles. The van der Waals surface area contributed by atoms with Gasteiger partial charge in [-0.05, 0) is 31.0 Å². The van der Waals surface area contributed by atoms with E-state index in [1.54, 1.807) is 6.92 Å². The monoisotopic (exact) mass is 332 g/mol. The van der Waals surface area contributed by atoms with Gasteiger partial charge in [-0.1, -0.05) is 12.1 Å². The maximum atomic E-state index is 13.4. The molecule has 0 saturated carbocycles. The number of ether oxygens (including phenoxy) is 1. The van der Waals surface area contributed by atoms with Crippen LogP contribution in [0.5, 0.6) is 0 Å². The zero-order chi connectivity index (χ0) is 17.1. The van der Waals surface area contributed by atoms with Crippen LogP contribution in [-0.2, 0) is 24.9 Å². The topological polar surface area (TPSA) is 42.3 Å². The molecule has 6 heteroatoms. The molecule has 1 fully saturated rings. The molecule has 1 aliphatic heterocycles. The van der Waals surface area contributed by atoms with E-state index < -0.39 is 0 Å². The van der Waals surface area contributed by atoms with Gasteiger partial charge in [-0.2, -0.15) is 5.10 Å². The predicted molar refractivity (Wildman–Crippen MR) is 92.7 cm³/mol. The fraction of sp³-hybridized carbons (Fsp3) is 0.500. The summed E-state index contributed by atoms with van der Waals surface area (Å²) in [6.45, 7) is 8.58. The number of anilines is 1. The lowest BCUT2D eigenvalue weighted by Gasteiger charge is -2.29. The van der Waals surface area contributed by atoms with E-state index in [0.717, 1.165) is 44.1 Å². The predicted octanol–water partition coefficient (Wildman–Crippen LogP) is 2.30. The number of nitrogens with zero attached hydrogens (tertiary/aromatic N) is 3. The highest BCUT2D eigenvalue weighted by atomic mass is 19.1. The third kappa shape index (κ3) is 3.60. The lowest BCUT2D eigenvalue weighted by atomic mass is 10.1. The summed E-state index contributed by atoms with van der Waals surface area (Å²) in [6.07, 6.45) is 0. The number of halogens is 1.